The van der Waals surface area contributed by atoms with Crippen LogP contribution in [0.5, 0.6) is 5.75 Å². The molecular weight excluding hydrogens is 298 g/mol. The van der Waals surface area contributed by atoms with Gasteiger partial charge in [-0.05, 0) is 37.0 Å². The Morgan fingerprint density at radius 1 is 1.45 bits per heavy atom. The van der Waals surface area contributed by atoms with Crippen molar-refractivity contribution in [3.8, 4) is 5.75 Å². The molecule has 22 heavy (non-hydrogen) atoms. The van der Waals surface area contributed by atoms with Gasteiger partial charge in [-0.1, -0.05) is 12.1 Å². The topological polar surface area (TPSA) is 78.6 Å². The second-order valence-corrected chi connectivity index (χ2v) is 7.59. The third kappa shape index (κ3) is 3.39. The Balaban J connectivity index is 1.61. The second-order valence-electron chi connectivity index (χ2n) is 6.11. The molecule has 2 aliphatic heterocycles. The average Bonchev–Trinajstić information content (AvgIpc) is 2.96. The van der Waals surface area contributed by atoms with Gasteiger partial charge in [-0.2, -0.15) is 0 Å². The number of piperidine rings is 1. The standard InChI is InChI=1S/C16H23N3O2S/c17-14(10-12-2-4-13(20)5-3-12)15(21)19-8-1-6-16(11-19)18-7-9-22-16/h2-5,14,18,20H,1,6-11,17H2. The van der Waals surface area contributed by atoms with Crippen molar-refractivity contribution in [2.75, 3.05) is 25.4 Å². The molecule has 120 valence electrons. The van der Waals surface area contributed by atoms with Crippen molar-refractivity contribution >= 4 is 17.7 Å². The molecular formula is C16H23N3O2S. The van der Waals surface area contributed by atoms with Crippen molar-refractivity contribution in [2.24, 2.45) is 5.73 Å². The first-order valence-corrected chi connectivity index (χ1v) is 8.78. The third-order valence-corrected chi connectivity index (χ3v) is 5.84. The molecule has 2 heterocycles. The number of benzene rings is 1. The van der Waals surface area contributed by atoms with Crippen LogP contribution in [0.25, 0.3) is 0 Å². The lowest BCUT2D eigenvalue weighted by Gasteiger charge is -2.40. The highest BCUT2D eigenvalue weighted by Crippen LogP contribution is 2.35. The summed E-state index contributed by atoms with van der Waals surface area (Å²) < 4.78 is 0. The van der Waals surface area contributed by atoms with E-state index in [2.05, 4.69) is 5.32 Å². The zero-order chi connectivity index (χ0) is 15.6. The number of phenols is 1. The third-order valence-electron chi connectivity index (χ3n) is 4.40. The van der Waals surface area contributed by atoms with E-state index >= 15 is 0 Å². The smallest absolute Gasteiger partial charge is 0.239 e. The molecule has 0 aliphatic carbocycles. The summed E-state index contributed by atoms with van der Waals surface area (Å²) in [5, 5.41) is 12.9. The molecule has 0 aromatic heterocycles. The number of thioether (sulfide) groups is 1. The number of rotatable bonds is 3. The van der Waals surface area contributed by atoms with E-state index in [1.165, 1.54) is 0 Å². The fourth-order valence-corrected chi connectivity index (χ4v) is 4.59. The summed E-state index contributed by atoms with van der Waals surface area (Å²) in [4.78, 5) is 14.6. The maximum Gasteiger partial charge on any atom is 0.239 e. The summed E-state index contributed by atoms with van der Waals surface area (Å²) >= 11 is 1.93. The van der Waals surface area contributed by atoms with Crippen LogP contribution in [0.4, 0.5) is 0 Å². The molecule has 1 spiro atoms. The minimum Gasteiger partial charge on any atom is -0.508 e. The van der Waals surface area contributed by atoms with Crippen LogP contribution in [0, 0.1) is 0 Å². The van der Waals surface area contributed by atoms with Gasteiger partial charge >= 0.3 is 0 Å². The largest absolute Gasteiger partial charge is 0.508 e. The van der Waals surface area contributed by atoms with Crippen molar-refractivity contribution in [3.05, 3.63) is 29.8 Å². The van der Waals surface area contributed by atoms with Gasteiger partial charge < -0.3 is 21.1 Å². The number of carbonyl (C=O) groups excluding carboxylic acids is 1. The molecule has 2 fully saturated rings. The molecule has 0 saturated carbocycles. The summed E-state index contributed by atoms with van der Waals surface area (Å²) in [5.74, 6) is 1.37. The minimum absolute atomic E-state index is 0.0291. The predicted molar refractivity (Wildman–Crippen MR) is 88.8 cm³/mol. The summed E-state index contributed by atoms with van der Waals surface area (Å²) in [6, 6.07) is 6.36. The van der Waals surface area contributed by atoms with E-state index in [0.29, 0.717) is 6.42 Å². The van der Waals surface area contributed by atoms with E-state index in [0.717, 1.165) is 43.8 Å². The molecule has 5 nitrogen and oxygen atoms in total. The van der Waals surface area contributed by atoms with Gasteiger partial charge in [0.25, 0.3) is 0 Å². The van der Waals surface area contributed by atoms with Crippen LogP contribution in [0.1, 0.15) is 18.4 Å². The van der Waals surface area contributed by atoms with E-state index < -0.39 is 6.04 Å². The number of aromatic hydroxyl groups is 1. The van der Waals surface area contributed by atoms with Gasteiger partial charge in [-0.25, -0.2) is 0 Å². The Hall–Kier alpha value is -1.24. The maximum absolute atomic E-state index is 12.6. The molecule has 2 saturated heterocycles. The fraction of sp³-hybridized carbons (Fsp3) is 0.562. The minimum atomic E-state index is -0.522. The normalized spacial score (nSPS) is 26.3. The lowest BCUT2D eigenvalue weighted by atomic mass is 10.0. The van der Waals surface area contributed by atoms with Crippen LogP contribution < -0.4 is 11.1 Å². The van der Waals surface area contributed by atoms with Gasteiger partial charge in [0.05, 0.1) is 10.9 Å². The summed E-state index contributed by atoms with van der Waals surface area (Å²) in [6.07, 6.45) is 2.65. The highest BCUT2D eigenvalue weighted by Gasteiger charge is 2.40. The number of amides is 1. The van der Waals surface area contributed by atoms with Gasteiger partial charge in [0.15, 0.2) is 0 Å². The number of carbonyl (C=O) groups is 1. The van der Waals surface area contributed by atoms with Crippen LogP contribution >= 0.6 is 11.8 Å². The van der Waals surface area contributed by atoms with Crippen LogP contribution in [0.2, 0.25) is 0 Å². The van der Waals surface area contributed by atoms with Gasteiger partial charge in [0, 0.05) is 25.4 Å². The van der Waals surface area contributed by atoms with Gasteiger partial charge in [0.2, 0.25) is 5.91 Å². The van der Waals surface area contributed by atoms with E-state index in [1.54, 1.807) is 12.1 Å². The predicted octanol–water partition coefficient (Wildman–Crippen LogP) is 0.917. The number of nitrogens with zero attached hydrogens (tertiary/aromatic N) is 1. The van der Waals surface area contributed by atoms with E-state index in [1.807, 2.05) is 28.8 Å². The van der Waals surface area contributed by atoms with Crippen molar-refractivity contribution in [3.63, 3.8) is 0 Å². The highest BCUT2D eigenvalue weighted by molar-refractivity contribution is 8.00. The van der Waals surface area contributed by atoms with Crippen molar-refractivity contribution in [1.29, 1.82) is 0 Å². The van der Waals surface area contributed by atoms with E-state index in [9.17, 15) is 9.90 Å². The molecule has 1 amide bonds. The van der Waals surface area contributed by atoms with Crippen LogP contribution in [-0.4, -0.2) is 52.2 Å². The van der Waals surface area contributed by atoms with Gasteiger partial charge in [-0.15, -0.1) is 11.8 Å². The molecule has 6 heteroatoms. The SMILES string of the molecule is NC(Cc1ccc(O)cc1)C(=O)N1CCCC2(C1)NCCS2. The van der Waals surface area contributed by atoms with Crippen LogP contribution in [-0.2, 0) is 11.2 Å². The molecule has 2 aliphatic rings. The molecule has 2 unspecified atom stereocenters. The molecule has 3 rings (SSSR count). The lowest BCUT2D eigenvalue weighted by molar-refractivity contribution is -0.134. The summed E-state index contributed by atoms with van der Waals surface area (Å²) in [7, 11) is 0. The number of hydrogen-bond donors (Lipinski definition) is 3. The Morgan fingerprint density at radius 2 is 2.23 bits per heavy atom. The monoisotopic (exact) mass is 321 g/mol. The average molecular weight is 321 g/mol. The van der Waals surface area contributed by atoms with Gasteiger partial charge in [0.1, 0.15) is 5.75 Å². The first-order valence-electron chi connectivity index (χ1n) is 7.79. The summed E-state index contributed by atoms with van der Waals surface area (Å²) in [5.41, 5.74) is 7.10. The Morgan fingerprint density at radius 3 is 2.91 bits per heavy atom. The zero-order valence-electron chi connectivity index (χ0n) is 12.6. The van der Waals surface area contributed by atoms with Crippen LogP contribution in [0.15, 0.2) is 24.3 Å². The molecule has 4 N–H and O–H groups in total. The first-order chi connectivity index (χ1) is 10.6. The highest BCUT2D eigenvalue weighted by atomic mass is 32.2. The maximum atomic E-state index is 12.6. The Kier molecular flexibility index (Phi) is 4.61. The zero-order valence-corrected chi connectivity index (χ0v) is 13.4. The number of nitrogens with one attached hydrogen (secondary N) is 1. The van der Waals surface area contributed by atoms with Crippen LogP contribution in [0.3, 0.4) is 0 Å². The molecule has 2 atom stereocenters. The number of nitrogens with two attached hydrogens (primary N) is 1. The van der Waals surface area contributed by atoms with Crippen molar-refractivity contribution in [2.45, 2.75) is 30.2 Å². The quantitative estimate of drug-likeness (QED) is 0.771. The molecule has 0 bridgehead atoms. The number of hydrogen-bond acceptors (Lipinski definition) is 5. The Labute approximate surface area is 135 Å². The van der Waals surface area contributed by atoms with E-state index in [4.69, 9.17) is 5.73 Å². The Bertz CT molecular complexity index is 529. The van der Waals surface area contributed by atoms with Crippen molar-refractivity contribution < 1.29 is 9.90 Å². The molecule has 0 radical (unpaired) electrons. The number of likely N-dealkylation sites (tertiary alicyclic amines) is 1. The molecule has 1 aromatic carbocycles. The van der Waals surface area contributed by atoms with Gasteiger partial charge in [-0.3, -0.25) is 4.79 Å². The first kappa shape index (κ1) is 15.6. The fourth-order valence-electron chi connectivity index (χ4n) is 3.26. The molecule has 1 aromatic rings. The lowest BCUT2D eigenvalue weighted by Crippen LogP contribution is -2.57. The van der Waals surface area contributed by atoms with E-state index in [-0.39, 0.29) is 16.5 Å². The number of phenolic OH excluding ortho intramolecular Hbond substituents is 1. The van der Waals surface area contributed by atoms with Crippen molar-refractivity contribution in [1.82, 2.24) is 10.2 Å². The summed E-state index contributed by atoms with van der Waals surface area (Å²) in [6.45, 7) is 2.57. The second kappa shape index (κ2) is 6.48.